The molecule has 2 aromatic rings. The Hall–Kier alpha value is -1.61. The number of carbonyl (C=O) groups excluding carboxylic acids is 1. The van der Waals surface area contributed by atoms with Gasteiger partial charge in [0.15, 0.2) is 0 Å². The van der Waals surface area contributed by atoms with E-state index in [1.165, 1.54) is 11.8 Å². The molecule has 0 saturated heterocycles. The molecule has 0 unspecified atom stereocenters. The number of rotatable bonds is 7. The van der Waals surface area contributed by atoms with E-state index < -0.39 is 0 Å². The van der Waals surface area contributed by atoms with Crippen molar-refractivity contribution >= 4 is 46.7 Å². The molecule has 1 N–H and O–H groups in total. The van der Waals surface area contributed by atoms with Crippen LogP contribution in [0.1, 0.15) is 13.3 Å². The highest BCUT2D eigenvalue weighted by Gasteiger charge is 2.16. The average molecular weight is 377 g/mol. The van der Waals surface area contributed by atoms with Crippen LogP contribution >= 0.6 is 35.1 Å². The van der Waals surface area contributed by atoms with E-state index in [2.05, 4.69) is 11.4 Å². The number of hydrogen-bond acceptors (Lipinski definition) is 4. The van der Waals surface area contributed by atoms with Crippen molar-refractivity contribution in [3.05, 3.63) is 53.6 Å². The number of halogens is 1. The van der Waals surface area contributed by atoms with Crippen molar-refractivity contribution in [3.8, 4) is 6.07 Å². The van der Waals surface area contributed by atoms with Gasteiger partial charge in [-0.25, -0.2) is 0 Å². The van der Waals surface area contributed by atoms with Gasteiger partial charge in [-0.2, -0.15) is 5.26 Å². The third kappa shape index (κ3) is 5.79. The lowest BCUT2D eigenvalue weighted by atomic mass is 10.3. The van der Waals surface area contributed by atoms with E-state index in [1.54, 1.807) is 11.8 Å². The summed E-state index contributed by atoms with van der Waals surface area (Å²) in [6.07, 6.45) is 0.482. The zero-order chi connectivity index (χ0) is 17.4. The number of nitrogens with one attached hydrogen (secondary N) is 1. The fourth-order valence-corrected chi connectivity index (χ4v) is 3.76. The highest BCUT2D eigenvalue weighted by molar-refractivity contribution is 8.00. The highest BCUT2D eigenvalue weighted by Crippen LogP contribution is 2.29. The highest BCUT2D eigenvalue weighted by atomic mass is 35.5. The van der Waals surface area contributed by atoms with Crippen molar-refractivity contribution in [1.29, 1.82) is 5.26 Å². The molecule has 0 aliphatic carbocycles. The second-order valence-electron chi connectivity index (χ2n) is 4.96. The molecule has 124 valence electrons. The van der Waals surface area contributed by atoms with Gasteiger partial charge < -0.3 is 5.32 Å². The van der Waals surface area contributed by atoms with Crippen LogP contribution in [0.5, 0.6) is 0 Å². The third-order valence-electron chi connectivity index (χ3n) is 3.11. The number of benzene rings is 2. The molecule has 3 nitrogen and oxygen atoms in total. The Balaban J connectivity index is 1.98. The minimum Gasteiger partial charge on any atom is -0.324 e. The summed E-state index contributed by atoms with van der Waals surface area (Å²) < 4.78 is 0. The number of nitriles is 1. The Bertz CT molecular complexity index is 729. The third-order valence-corrected chi connectivity index (χ3v) is 5.55. The minimum atomic E-state index is -0.233. The molecule has 0 heterocycles. The molecule has 0 aliphatic heterocycles. The second-order valence-corrected chi connectivity index (χ2v) is 7.94. The first-order valence-electron chi connectivity index (χ1n) is 7.42. The van der Waals surface area contributed by atoms with Crippen molar-refractivity contribution < 1.29 is 4.79 Å². The average Bonchev–Trinajstić information content (AvgIpc) is 2.58. The SMILES string of the molecule is C[C@H](Sc1ccc(Cl)cc1)C(=O)Nc1ccccc1SCCC#N. The van der Waals surface area contributed by atoms with Crippen molar-refractivity contribution in [2.24, 2.45) is 0 Å². The van der Waals surface area contributed by atoms with Crippen LogP contribution in [-0.2, 0) is 4.79 Å². The number of thioether (sulfide) groups is 2. The first kappa shape index (κ1) is 18.7. The van der Waals surface area contributed by atoms with Gasteiger partial charge in [-0.1, -0.05) is 23.7 Å². The van der Waals surface area contributed by atoms with E-state index in [9.17, 15) is 4.79 Å². The number of para-hydroxylation sites is 1. The van der Waals surface area contributed by atoms with Crippen LogP contribution in [0.15, 0.2) is 58.3 Å². The first-order chi connectivity index (χ1) is 11.6. The van der Waals surface area contributed by atoms with Gasteiger partial charge in [0.1, 0.15) is 0 Å². The zero-order valence-corrected chi connectivity index (χ0v) is 15.5. The van der Waals surface area contributed by atoms with Gasteiger partial charge >= 0.3 is 0 Å². The maximum Gasteiger partial charge on any atom is 0.237 e. The standard InChI is InChI=1S/C18H17ClN2OS2/c1-13(24-15-9-7-14(19)8-10-15)18(22)21-16-5-2-3-6-17(16)23-12-4-11-20/h2-3,5-10,13H,4,12H2,1H3,(H,21,22)/t13-/m0/s1. The van der Waals surface area contributed by atoms with E-state index in [0.717, 1.165) is 15.5 Å². The Morgan fingerprint density at radius 1 is 1.25 bits per heavy atom. The van der Waals surface area contributed by atoms with Crippen molar-refractivity contribution in [2.45, 2.75) is 28.4 Å². The van der Waals surface area contributed by atoms with E-state index in [-0.39, 0.29) is 11.2 Å². The summed E-state index contributed by atoms with van der Waals surface area (Å²) in [6, 6.07) is 17.2. The maximum absolute atomic E-state index is 12.4. The predicted molar refractivity (Wildman–Crippen MR) is 103 cm³/mol. The minimum absolute atomic E-state index is 0.0525. The lowest BCUT2D eigenvalue weighted by Crippen LogP contribution is -2.22. The molecule has 0 spiro atoms. The fourth-order valence-electron chi connectivity index (χ4n) is 1.91. The molecular weight excluding hydrogens is 360 g/mol. The number of amides is 1. The van der Waals surface area contributed by atoms with Gasteiger partial charge in [0.05, 0.1) is 17.0 Å². The Morgan fingerprint density at radius 2 is 1.96 bits per heavy atom. The van der Waals surface area contributed by atoms with Crippen molar-refractivity contribution in [1.82, 2.24) is 0 Å². The van der Waals surface area contributed by atoms with E-state index >= 15 is 0 Å². The summed E-state index contributed by atoms with van der Waals surface area (Å²) in [4.78, 5) is 14.4. The van der Waals surface area contributed by atoms with Crippen molar-refractivity contribution in [2.75, 3.05) is 11.1 Å². The monoisotopic (exact) mass is 376 g/mol. The van der Waals surface area contributed by atoms with Gasteiger partial charge in [0.25, 0.3) is 0 Å². The lowest BCUT2D eigenvalue weighted by Gasteiger charge is -2.14. The van der Waals surface area contributed by atoms with Crippen LogP contribution in [0.2, 0.25) is 5.02 Å². The molecule has 0 bridgehead atoms. The summed E-state index contributed by atoms with van der Waals surface area (Å²) in [7, 11) is 0. The summed E-state index contributed by atoms with van der Waals surface area (Å²) in [5, 5.41) is 12.1. The molecule has 0 fully saturated rings. The molecule has 1 atom stereocenters. The smallest absolute Gasteiger partial charge is 0.237 e. The van der Waals surface area contributed by atoms with Gasteiger partial charge in [-0.15, -0.1) is 23.5 Å². The number of carbonyl (C=O) groups is 1. The van der Waals surface area contributed by atoms with Crippen LogP contribution in [0.3, 0.4) is 0 Å². The Kier molecular flexibility index (Phi) is 7.51. The van der Waals surface area contributed by atoms with Crippen LogP contribution in [-0.4, -0.2) is 16.9 Å². The Morgan fingerprint density at radius 3 is 2.67 bits per heavy atom. The quantitative estimate of drug-likeness (QED) is 0.514. The summed E-state index contributed by atoms with van der Waals surface area (Å²) in [6.45, 7) is 1.88. The molecule has 1 amide bonds. The molecule has 24 heavy (non-hydrogen) atoms. The van der Waals surface area contributed by atoms with E-state index in [4.69, 9.17) is 16.9 Å². The molecular formula is C18H17ClN2OS2. The van der Waals surface area contributed by atoms with Crippen LogP contribution in [0.25, 0.3) is 0 Å². The van der Waals surface area contributed by atoms with Gasteiger partial charge in [-0.05, 0) is 43.3 Å². The predicted octanol–water partition coefficient (Wildman–Crippen LogP) is 5.47. The fraction of sp³-hybridized carbons (Fsp3) is 0.222. The van der Waals surface area contributed by atoms with Crippen molar-refractivity contribution in [3.63, 3.8) is 0 Å². The molecule has 6 heteroatoms. The zero-order valence-electron chi connectivity index (χ0n) is 13.2. The normalized spacial score (nSPS) is 11.5. The summed E-state index contributed by atoms with van der Waals surface area (Å²) >= 11 is 8.94. The number of anilines is 1. The summed E-state index contributed by atoms with van der Waals surface area (Å²) in [5.41, 5.74) is 0.786. The number of nitrogens with zero attached hydrogens (tertiary/aromatic N) is 1. The van der Waals surface area contributed by atoms with E-state index in [0.29, 0.717) is 17.2 Å². The maximum atomic E-state index is 12.4. The van der Waals surface area contributed by atoms with Crippen LogP contribution < -0.4 is 5.32 Å². The van der Waals surface area contributed by atoms with Gasteiger partial charge in [-0.3, -0.25) is 4.79 Å². The van der Waals surface area contributed by atoms with Gasteiger partial charge in [0.2, 0.25) is 5.91 Å². The molecule has 2 aromatic carbocycles. The molecule has 0 radical (unpaired) electrons. The molecule has 0 aromatic heterocycles. The topological polar surface area (TPSA) is 52.9 Å². The number of hydrogen-bond donors (Lipinski definition) is 1. The van der Waals surface area contributed by atoms with Crippen LogP contribution in [0, 0.1) is 11.3 Å². The molecule has 0 aliphatic rings. The largest absolute Gasteiger partial charge is 0.324 e. The van der Waals surface area contributed by atoms with Crippen LogP contribution in [0.4, 0.5) is 5.69 Å². The lowest BCUT2D eigenvalue weighted by molar-refractivity contribution is -0.115. The van der Waals surface area contributed by atoms with Gasteiger partial charge in [0, 0.05) is 27.0 Å². The van der Waals surface area contributed by atoms with E-state index in [1.807, 2.05) is 55.5 Å². The molecule has 0 saturated carbocycles. The second kappa shape index (κ2) is 9.63. The Labute approximate surface area is 155 Å². The summed E-state index contributed by atoms with van der Waals surface area (Å²) in [5.74, 6) is 0.654. The first-order valence-corrected chi connectivity index (χ1v) is 9.66. The molecule has 2 rings (SSSR count).